The summed E-state index contributed by atoms with van der Waals surface area (Å²) in [7, 11) is 1.57. The summed E-state index contributed by atoms with van der Waals surface area (Å²) in [5, 5.41) is 2.86. The number of carbonyl (C=O) groups excluding carboxylic acids is 3. The van der Waals surface area contributed by atoms with Crippen LogP contribution >= 0.6 is 22.6 Å². The summed E-state index contributed by atoms with van der Waals surface area (Å²) in [6.45, 7) is 13.3. The molecule has 1 aliphatic heterocycles. The van der Waals surface area contributed by atoms with Crippen LogP contribution in [0.2, 0.25) is 0 Å². The minimum Gasteiger partial charge on any atom is -0.493 e. The quantitative estimate of drug-likeness (QED) is 0.283. The predicted molar refractivity (Wildman–Crippen MR) is 181 cm³/mol. The van der Waals surface area contributed by atoms with Gasteiger partial charge in [0.25, 0.3) is 5.91 Å². The SMILES string of the molecule is CCCN1C2=C(C(=O)CC(C)(C)C2)C(c2cc(I)c(OCC(=O)Nc3ccc(C)cc3)c(OC)c2)C2=C1CC(C)(C)CC2=O. The number of ketones is 2. The molecule has 2 aromatic carbocycles. The Morgan fingerprint density at radius 3 is 2.05 bits per heavy atom. The lowest BCUT2D eigenvalue weighted by atomic mass is 9.63. The Kier molecular flexibility index (Phi) is 9.04. The molecule has 0 radical (unpaired) electrons. The van der Waals surface area contributed by atoms with Crippen molar-refractivity contribution in [2.45, 2.75) is 79.6 Å². The largest absolute Gasteiger partial charge is 0.493 e. The van der Waals surface area contributed by atoms with Crippen LogP contribution in [0.4, 0.5) is 5.69 Å². The van der Waals surface area contributed by atoms with Gasteiger partial charge in [0.1, 0.15) is 0 Å². The standard InChI is InChI=1S/C36H43IN2O5/c1-8-13-39-25-16-35(3,4)18-27(40)32(25)31(33-26(39)17-36(5,6)19-28(33)41)22-14-24(37)34(29(15-22)43-7)44-20-30(42)38-23-11-9-21(2)10-12-23/h9-12,14-15,31H,8,13,16-20H2,1-7H3,(H,38,42). The Morgan fingerprint density at radius 1 is 0.955 bits per heavy atom. The molecule has 1 amide bonds. The van der Waals surface area contributed by atoms with Crippen molar-refractivity contribution in [2.75, 3.05) is 25.6 Å². The van der Waals surface area contributed by atoms with Crippen LogP contribution in [-0.2, 0) is 14.4 Å². The minimum atomic E-state index is -0.471. The fourth-order valence-corrected chi connectivity index (χ4v) is 7.67. The fourth-order valence-electron chi connectivity index (χ4n) is 6.89. The second-order valence-electron chi connectivity index (χ2n) is 13.9. The van der Waals surface area contributed by atoms with Crippen molar-refractivity contribution in [1.82, 2.24) is 4.90 Å². The van der Waals surface area contributed by atoms with E-state index in [0.29, 0.717) is 30.0 Å². The molecule has 0 saturated heterocycles. The van der Waals surface area contributed by atoms with Crippen LogP contribution in [0.3, 0.4) is 0 Å². The van der Waals surface area contributed by atoms with Gasteiger partial charge in [0.2, 0.25) is 0 Å². The number of aryl methyl sites for hydroxylation is 1. The van der Waals surface area contributed by atoms with Gasteiger partial charge in [-0.1, -0.05) is 52.3 Å². The molecule has 2 aromatic rings. The summed E-state index contributed by atoms with van der Waals surface area (Å²) in [4.78, 5) is 43.0. The Bertz CT molecular complexity index is 1510. The van der Waals surface area contributed by atoms with Crippen LogP contribution in [0.5, 0.6) is 11.5 Å². The number of hydrogen-bond donors (Lipinski definition) is 1. The smallest absolute Gasteiger partial charge is 0.262 e. The van der Waals surface area contributed by atoms with Gasteiger partial charge in [-0.3, -0.25) is 14.4 Å². The van der Waals surface area contributed by atoms with Crippen LogP contribution in [0.1, 0.15) is 83.8 Å². The van der Waals surface area contributed by atoms with Gasteiger partial charge in [0.15, 0.2) is 29.7 Å². The molecule has 234 valence electrons. The Morgan fingerprint density at radius 2 is 1.52 bits per heavy atom. The number of benzene rings is 2. The first-order valence-electron chi connectivity index (χ1n) is 15.4. The van der Waals surface area contributed by atoms with Crippen LogP contribution in [0, 0.1) is 21.3 Å². The molecule has 0 bridgehead atoms. The van der Waals surface area contributed by atoms with Crippen molar-refractivity contribution in [3.05, 3.63) is 73.6 Å². The normalized spacial score (nSPS) is 19.5. The van der Waals surface area contributed by atoms with Crippen LogP contribution in [0.25, 0.3) is 0 Å². The molecule has 8 heteroatoms. The van der Waals surface area contributed by atoms with Crippen molar-refractivity contribution < 1.29 is 23.9 Å². The molecule has 0 saturated carbocycles. The highest BCUT2D eigenvalue weighted by atomic mass is 127. The lowest BCUT2D eigenvalue weighted by molar-refractivity contribution is -0.120. The summed E-state index contributed by atoms with van der Waals surface area (Å²) in [5.74, 6) is 0.371. The Labute approximate surface area is 274 Å². The van der Waals surface area contributed by atoms with Gasteiger partial charge in [0.05, 0.1) is 10.7 Å². The number of methoxy groups -OCH3 is 1. The number of allylic oxidation sites excluding steroid dienone is 4. The van der Waals surface area contributed by atoms with Gasteiger partial charge < -0.3 is 19.7 Å². The van der Waals surface area contributed by atoms with E-state index < -0.39 is 5.92 Å². The van der Waals surface area contributed by atoms with E-state index in [0.717, 1.165) is 63.0 Å². The molecular weight excluding hydrogens is 667 g/mol. The van der Waals surface area contributed by atoms with Crippen molar-refractivity contribution in [3.63, 3.8) is 0 Å². The summed E-state index contributed by atoms with van der Waals surface area (Å²) in [5.41, 5.74) is 5.92. The molecule has 1 N–H and O–H groups in total. The van der Waals surface area contributed by atoms with Crippen LogP contribution in [-0.4, -0.2) is 42.6 Å². The van der Waals surface area contributed by atoms with Crippen LogP contribution in [0.15, 0.2) is 58.9 Å². The zero-order valence-corrected chi connectivity index (χ0v) is 29.0. The number of anilines is 1. The van der Waals surface area contributed by atoms with E-state index in [2.05, 4.69) is 67.4 Å². The monoisotopic (exact) mass is 710 g/mol. The maximum atomic E-state index is 14.0. The molecule has 0 aromatic heterocycles. The molecule has 44 heavy (non-hydrogen) atoms. The zero-order valence-electron chi connectivity index (χ0n) is 26.9. The fraction of sp³-hybridized carbons (Fsp3) is 0.472. The molecule has 0 atom stereocenters. The van der Waals surface area contributed by atoms with Crippen molar-refractivity contribution >= 4 is 45.8 Å². The summed E-state index contributed by atoms with van der Waals surface area (Å²) >= 11 is 2.19. The number of carbonyl (C=O) groups is 3. The number of rotatable bonds is 8. The topological polar surface area (TPSA) is 84.9 Å². The van der Waals surface area contributed by atoms with E-state index in [1.54, 1.807) is 7.11 Å². The lowest BCUT2D eigenvalue weighted by Gasteiger charge is -2.49. The third kappa shape index (κ3) is 6.46. The molecule has 0 unspecified atom stereocenters. The van der Waals surface area contributed by atoms with Gasteiger partial charge in [-0.15, -0.1) is 0 Å². The van der Waals surface area contributed by atoms with Gasteiger partial charge in [-0.05, 0) is 89.4 Å². The number of nitrogens with one attached hydrogen (secondary N) is 1. The number of ether oxygens (including phenoxy) is 2. The molecule has 1 heterocycles. The highest BCUT2D eigenvalue weighted by molar-refractivity contribution is 14.1. The lowest BCUT2D eigenvalue weighted by Crippen LogP contribution is -2.44. The highest BCUT2D eigenvalue weighted by Crippen LogP contribution is 2.55. The first-order chi connectivity index (χ1) is 20.7. The second kappa shape index (κ2) is 12.3. The van der Waals surface area contributed by atoms with Gasteiger partial charge in [0, 0.05) is 53.5 Å². The van der Waals surface area contributed by atoms with Crippen molar-refractivity contribution in [3.8, 4) is 11.5 Å². The maximum Gasteiger partial charge on any atom is 0.262 e. The molecule has 3 aliphatic rings. The Hall–Kier alpha value is -3.14. The maximum absolute atomic E-state index is 14.0. The number of nitrogens with zero attached hydrogens (tertiary/aromatic N) is 1. The van der Waals surface area contributed by atoms with E-state index >= 15 is 0 Å². The first kappa shape index (κ1) is 32.3. The van der Waals surface area contributed by atoms with Crippen LogP contribution < -0.4 is 14.8 Å². The third-order valence-corrected chi connectivity index (χ3v) is 9.54. The van der Waals surface area contributed by atoms with E-state index in [-0.39, 0.29) is 34.9 Å². The number of hydrogen-bond acceptors (Lipinski definition) is 6. The van der Waals surface area contributed by atoms with E-state index in [1.165, 1.54) is 0 Å². The Balaban J connectivity index is 1.56. The average molecular weight is 711 g/mol. The van der Waals surface area contributed by atoms with Gasteiger partial charge in [-0.2, -0.15) is 0 Å². The van der Waals surface area contributed by atoms with Gasteiger partial charge >= 0.3 is 0 Å². The first-order valence-corrected chi connectivity index (χ1v) is 16.5. The molecule has 0 fully saturated rings. The zero-order chi connectivity index (χ0) is 32.0. The summed E-state index contributed by atoms with van der Waals surface area (Å²) in [6, 6.07) is 11.4. The molecule has 5 rings (SSSR count). The van der Waals surface area contributed by atoms with Crippen molar-refractivity contribution in [1.29, 1.82) is 0 Å². The molecule has 0 spiro atoms. The summed E-state index contributed by atoms with van der Waals surface area (Å²) in [6.07, 6.45) is 3.35. The minimum absolute atomic E-state index is 0.105. The van der Waals surface area contributed by atoms with E-state index in [9.17, 15) is 14.4 Å². The number of halogens is 1. The van der Waals surface area contributed by atoms with Crippen molar-refractivity contribution in [2.24, 2.45) is 10.8 Å². The van der Waals surface area contributed by atoms with E-state index in [4.69, 9.17) is 9.47 Å². The number of Topliss-reactive ketones (excluding diaryl/α,β-unsaturated/α-hetero) is 2. The van der Waals surface area contributed by atoms with Gasteiger partial charge in [-0.25, -0.2) is 0 Å². The van der Waals surface area contributed by atoms with E-state index in [1.807, 2.05) is 43.3 Å². The molecule has 2 aliphatic carbocycles. The average Bonchev–Trinajstić information content (AvgIpc) is 2.92. The molecule has 7 nitrogen and oxygen atoms in total. The summed E-state index contributed by atoms with van der Waals surface area (Å²) < 4.78 is 12.5. The second-order valence-corrected chi connectivity index (χ2v) is 15.1. The third-order valence-electron chi connectivity index (χ3n) is 8.74. The number of amides is 1. The predicted octanol–water partition coefficient (Wildman–Crippen LogP) is 7.72. The highest BCUT2D eigenvalue weighted by Gasteiger charge is 2.49. The molecular formula is C36H43IN2O5.